The molecule has 28 heavy (non-hydrogen) atoms. The lowest BCUT2D eigenvalue weighted by molar-refractivity contribution is 0.0729. The second-order valence-electron chi connectivity index (χ2n) is 6.25. The van der Waals surface area contributed by atoms with Gasteiger partial charge in [0.1, 0.15) is 10.7 Å². The van der Waals surface area contributed by atoms with Gasteiger partial charge in [0.2, 0.25) is 10.0 Å². The lowest BCUT2D eigenvalue weighted by Gasteiger charge is -2.26. The van der Waals surface area contributed by atoms with Crippen LogP contribution in [0.5, 0.6) is 0 Å². The minimum Gasteiger partial charge on any atom is -0.379 e. The van der Waals surface area contributed by atoms with Crippen molar-refractivity contribution in [1.82, 2.24) is 4.31 Å². The highest BCUT2D eigenvalue weighted by Gasteiger charge is 2.29. The minimum atomic E-state index is -4.09. The summed E-state index contributed by atoms with van der Waals surface area (Å²) >= 11 is 0. The van der Waals surface area contributed by atoms with Gasteiger partial charge in [0.25, 0.3) is 5.91 Å². The fourth-order valence-electron chi connectivity index (χ4n) is 2.79. The number of morpholine rings is 1. The van der Waals surface area contributed by atoms with Gasteiger partial charge in [-0.2, -0.15) is 4.31 Å². The Hall–Kier alpha value is -2.62. The van der Waals surface area contributed by atoms with E-state index in [-0.39, 0.29) is 37.6 Å². The average Bonchev–Trinajstić information content (AvgIpc) is 2.69. The molecule has 3 rings (SSSR count). The number of amides is 1. The van der Waals surface area contributed by atoms with Gasteiger partial charge in [-0.05, 0) is 37.3 Å². The van der Waals surface area contributed by atoms with Crippen LogP contribution in [-0.4, -0.2) is 50.7 Å². The first-order chi connectivity index (χ1) is 13.3. The number of carbonyl (C=O) groups excluding carboxylic acids is 2. The monoisotopic (exact) mass is 406 g/mol. The van der Waals surface area contributed by atoms with Crippen molar-refractivity contribution < 1.29 is 27.1 Å². The van der Waals surface area contributed by atoms with Crippen molar-refractivity contribution in [1.29, 1.82) is 0 Å². The first-order valence-corrected chi connectivity index (χ1v) is 10.0. The number of halogens is 1. The van der Waals surface area contributed by atoms with E-state index in [1.165, 1.54) is 19.1 Å². The molecule has 2 aromatic carbocycles. The van der Waals surface area contributed by atoms with Crippen LogP contribution in [0.15, 0.2) is 47.4 Å². The first-order valence-electron chi connectivity index (χ1n) is 8.59. The maximum atomic E-state index is 14.2. The highest BCUT2D eigenvalue weighted by Crippen LogP contribution is 2.22. The fraction of sp³-hybridized carbons (Fsp3) is 0.263. The summed E-state index contributed by atoms with van der Waals surface area (Å²) in [5.74, 6) is -1.70. The Morgan fingerprint density at radius 1 is 1.07 bits per heavy atom. The summed E-state index contributed by atoms with van der Waals surface area (Å²) in [4.78, 5) is 23.4. The van der Waals surface area contributed by atoms with Crippen molar-refractivity contribution >= 4 is 27.4 Å². The average molecular weight is 406 g/mol. The Kier molecular flexibility index (Phi) is 5.87. The van der Waals surface area contributed by atoms with E-state index >= 15 is 0 Å². The Balaban J connectivity index is 1.87. The van der Waals surface area contributed by atoms with Gasteiger partial charge in [-0.3, -0.25) is 9.59 Å². The van der Waals surface area contributed by atoms with Crippen molar-refractivity contribution in [3.05, 3.63) is 59.4 Å². The molecular formula is C19H19FN2O5S. The zero-order valence-electron chi connectivity index (χ0n) is 15.1. The van der Waals surface area contributed by atoms with Gasteiger partial charge in [0.15, 0.2) is 5.78 Å². The molecule has 0 aromatic heterocycles. The molecule has 0 saturated carbocycles. The van der Waals surface area contributed by atoms with Crippen LogP contribution in [0.4, 0.5) is 10.1 Å². The number of Topliss-reactive ketones (excluding diaryl/α,β-unsaturated/α-hetero) is 1. The van der Waals surface area contributed by atoms with Crippen molar-refractivity contribution in [3.8, 4) is 0 Å². The molecule has 9 heteroatoms. The van der Waals surface area contributed by atoms with Crippen LogP contribution < -0.4 is 5.32 Å². The highest BCUT2D eigenvalue weighted by atomic mass is 32.2. The standard InChI is InChI=1S/C19H19FN2O5S/c1-13(23)14-3-2-4-16(11-14)21-19(24)15-5-6-17(20)18(12-15)28(25,26)22-7-9-27-10-8-22/h2-6,11-12H,7-10H2,1H3,(H,21,24). The van der Waals surface area contributed by atoms with Crippen LogP contribution in [-0.2, 0) is 14.8 Å². The highest BCUT2D eigenvalue weighted by molar-refractivity contribution is 7.89. The Labute approximate surface area is 162 Å². The molecule has 1 fully saturated rings. The summed E-state index contributed by atoms with van der Waals surface area (Å²) in [6.07, 6.45) is 0. The van der Waals surface area contributed by atoms with Gasteiger partial charge < -0.3 is 10.1 Å². The number of nitrogens with zero attached hydrogens (tertiary/aromatic N) is 1. The number of benzene rings is 2. The molecule has 0 spiro atoms. The van der Waals surface area contributed by atoms with E-state index in [4.69, 9.17) is 4.74 Å². The van der Waals surface area contributed by atoms with Crippen molar-refractivity contribution in [2.45, 2.75) is 11.8 Å². The fourth-order valence-corrected chi connectivity index (χ4v) is 4.29. The van der Waals surface area contributed by atoms with Gasteiger partial charge in [0.05, 0.1) is 13.2 Å². The summed E-state index contributed by atoms with van der Waals surface area (Å²) in [5.41, 5.74) is 0.786. The zero-order chi connectivity index (χ0) is 20.3. The SMILES string of the molecule is CC(=O)c1cccc(NC(=O)c2ccc(F)c(S(=O)(=O)N3CCOCC3)c2)c1. The number of ketones is 1. The van der Waals surface area contributed by atoms with Gasteiger partial charge in [-0.15, -0.1) is 0 Å². The number of carbonyl (C=O) groups is 2. The number of sulfonamides is 1. The molecule has 1 heterocycles. The van der Waals surface area contributed by atoms with E-state index < -0.39 is 26.6 Å². The molecule has 1 N–H and O–H groups in total. The molecule has 0 radical (unpaired) electrons. The molecule has 1 aliphatic heterocycles. The quantitative estimate of drug-likeness (QED) is 0.769. The summed E-state index contributed by atoms with van der Waals surface area (Å²) in [7, 11) is -4.09. The zero-order valence-corrected chi connectivity index (χ0v) is 16.0. The van der Waals surface area contributed by atoms with Crippen LogP contribution in [0.3, 0.4) is 0 Å². The van der Waals surface area contributed by atoms with Crippen LogP contribution in [0.2, 0.25) is 0 Å². The predicted octanol–water partition coefficient (Wildman–Crippen LogP) is 2.30. The van der Waals surface area contributed by atoms with Gasteiger partial charge in [-0.1, -0.05) is 12.1 Å². The smallest absolute Gasteiger partial charge is 0.255 e. The van der Waals surface area contributed by atoms with Crippen molar-refractivity contribution in [2.75, 3.05) is 31.6 Å². The van der Waals surface area contributed by atoms with Crippen LogP contribution in [0.1, 0.15) is 27.6 Å². The number of anilines is 1. The Morgan fingerprint density at radius 2 is 1.79 bits per heavy atom. The predicted molar refractivity (Wildman–Crippen MR) is 100 cm³/mol. The molecule has 148 valence electrons. The second-order valence-corrected chi connectivity index (χ2v) is 8.16. The maximum Gasteiger partial charge on any atom is 0.255 e. The van der Waals surface area contributed by atoms with Gasteiger partial charge >= 0.3 is 0 Å². The third-order valence-corrected chi connectivity index (χ3v) is 6.22. The normalized spacial score (nSPS) is 15.2. The summed E-state index contributed by atoms with van der Waals surface area (Å²) < 4.78 is 45.9. The summed E-state index contributed by atoms with van der Waals surface area (Å²) in [6.45, 7) is 2.11. The molecule has 1 amide bonds. The lowest BCUT2D eigenvalue weighted by Crippen LogP contribution is -2.41. The van der Waals surface area contributed by atoms with E-state index in [0.717, 1.165) is 16.4 Å². The number of nitrogens with one attached hydrogen (secondary N) is 1. The molecule has 0 unspecified atom stereocenters. The number of hydrogen-bond acceptors (Lipinski definition) is 5. The van der Waals surface area contributed by atoms with Gasteiger partial charge in [-0.25, -0.2) is 12.8 Å². The maximum absolute atomic E-state index is 14.2. The molecule has 1 saturated heterocycles. The Bertz CT molecular complexity index is 1020. The lowest BCUT2D eigenvalue weighted by atomic mass is 10.1. The molecule has 0 bridgehead atoms. The second kappa shape index (κ2) is 8.17. The number of hydrogen-bond donors (Lipinski definition) is 1. The largest absolute Gasteiger partial charge is 0.379 e. The summed E-state index contributed by atoms with van der Waals surface area (Å²) in [6, 6.07) is 9.51. The minimum absolute atomic E-state index is 0.0125. The number of ether oxygens (including phenoxy) is 1. The molecular weight excluding hydrogens is 387 g/mol. The topological polar surface area (TPSA) is 92.8 Å². The molecule has 0 aliphatic carbocycles. The van der Waals surface area contributed by atoms with E-state index in [1.54, 1.807) is 18.2 Å². The van der Waals surface area contributed by atoms with E-state index in [0.29, 0.717) is 11.3 Å². The molecule has 7 nitrogen and oxygen atoms in total. The van der Waals surface area contributed by atoms with Crippen LogP contribution >= 0.6 is 0 Å². The first kappa shape index (κ1) is 20.1. The van der Waals surface area contributed by atoms with Crippen LogP contribution in [0, 0.1) is 5.82 Å². The summed E-state index contributed by atoms with van der Waals surface area (Å²) in [5, 5.41) is 2.59. The van der Waals surface area contributed by atoms with Crippen molar-refractivity contribution in [2.24, 2.45) is 0 Å². The van der Waals surface area contributed by atoms with Crippen molar-refractivity contribution in [3.63, 3.8) is 0 Å². The van der Waals surface area contributed by atoms with E-state index in [9.17, 15) is 22.4 Å². The van der Waals surface area contributed by atoms with E-state index in [1.807, 2.05) is 0 Å². The van der Waals surface area contributed by atoms with E-state index in [2.05, 4.69) is 5.32 Å². The van der Waals surface area contributed by atoms with Crippen LogP contribution in [0.25, 0.3) is 0 Å². The third kappa shape index (κ3) is 4.27. The molecule has 2 aromatic rings. The third-order valence-electron chi connectivity index (χ3n) is 4.31. The molecule has 0 atom stereocenters. The Morgan fingerprint density at radius 3 is 2.46 bits per heavy atom. The molecule has 1 aliphatic rings. The van der Waals surface area contributed by atoms with Gasteiger partial charge in [0, 0.05) is 29.9 Å². The number of rotatable bonds is 5.